The predicted molar refractivity (Wildman–Crippen MR) is 117 cm³/mol. The van der Waals surface area contributed by atoms with Crippen molar-refractivity contribution in [1.82, 2.24) is 15.0 Å². The molecule has 0 saturated carbocycles. The molecule has 0 aliphatic rings. The Morgan fingerprint density at radius 3 is 2.24 bits per heavy atom. The number of rotatable bonds is 6. The van der Waals surface area contributed by atoms with Crippen molar-refractivity contribution in [3.8, 4) is 16.9 Å². The van der Waals surface area contributed by atoms with Gasteiger partial charge in [0.2, 0.25) is 0 Å². The molecule has 0 aliphatic heterocycles. The molecule has 5 aromatic rings. The first-order valence-corrected chi connectivity index (χ1v) is 9.88. The van der Waals surface area contributed by atoms with E-state index in [0.717, 1.165) is 29.7 Å². The lowest BCUT2D eigenvalue weighted by Crippen LogP contribution is -2.06. The van der Waals surface area contributed by atoms with Crippen molar-refractivity contribution >= 4 is 21.8 Å². The number of nitrogens with zero attached hydrogens (tertiary/aromatic N) is 3. The third kappa shape index (κ3) is 3.45. The molecular weight excluding hydrogens is 358 g/mol. The Morgan fingerprint density at radius 1 is 0.759 bits per heavy atom. The molecule has 29 heavy (non-hydrogen) atoms. The van der Waals surface area contributed by atoms with Crippen molar-refractivity contribution in [2.75, 3.05) is 6.61 Å². The number of aryl methyl sites for hydroxylation is 1. The lowest BCUT2D eigenvalue weighted by molar-refractivity contribution is 0.299. The fourth-order valence-electron chi connectivity index (χ4n) is 3.77. The zero-order chi connectivity index (χ0) is 19.5. The van der Waals surface area contributed by atoms with Crippen molar-refractivity contribution in [3.63, 3.8) is 0 Å². The van der Waals surface area contributed by atoms with Crippen LogP contribution in [0.1, 0.15) is 6.42 Å². The summed E-state index contributed by atoms with van der Waals surface area (Å²) in [5.41, 5.74) is 4.39. The van der Waals surface area contributed by atoms with Gasteiger partial charge in [-0.3, -0.25) is 0 Å². The molecule has 0 atom stereocenters. The van der Waals surface area contributed by atoms with E-state index in [4.69, 9.17) is 4.74 Å². The zero-order valence-corrected chi connectivity index (χ0v) is 16.0. The highest BCUT2D eigenvalue weighted by Crippen LogP contribution is 2.34. The maximum atomic E-state index is 5.82. The van der Waals surface area contributed by atoms with Crippen LogP contribution in [0.5, 0.6) is 5.75 Å². The molecule has 0 amide bonds. The van der Waals surface area contributed by atoms with Crippen LogP contribution in [0.4, 0.5) is 0 Å². The van der Waals surface area contributed by atoms with Crippen LogP contribution in [0.25, 0.3) is 32.9 Å². The summed E-state index contributed by atoms with van der Waals surface area (Å²) in [6.45, 7) is 1.41. The Kier molecular flexibility index (Phi) is 4.67. The third-order valence-corrected chi connectivity index (χ3v) is 5.13. The Morgan fingerprint density at radius 2 is 1.45 bits per heavy atom. The van der Waals surface area contributed by atoms with Gasteiger partial charge < -0.3 is 4.74 Å². The van der Waals surface area contributed by atoms with Crippen LogP contribution in [0.15, 0.2) is 91.0 Å². The van der Waals surface area contributed by atoms with Gasteiger partial charge in [0.1, 0.15) is 11.3 Å². The first kappa shape index (κ1) is 17.4. The van der Waals surface area contributed by atoms with Gasteiger partial charge in [0.05, 0.1) is 12.1 Å². The highest BCUT2D eigenvalue weighted by molar-refractivity contribution is 6.11. The summed E-state index contributed by atoms with van der Waals surface area (Å²) < 4.78 is 7.82. The summed E-state index contributed by atoms with van der Waals surface area (Å²) >= 11 is 0. The van der Waals surface area contributed by atoms with Gasteiger partial charge in [-0.2, -0.15) is 0 Å². The SMILES string of the molecule is c1ccc(OCCCn2nnc3cc(-c4ccccc4)c4ccccc4c32)cc1. The topological polar surface area (TPSA) is 39.9 Å². The van der Waals surface area contributed by atoms with Gasteiger partial charge in [0.15, 0.2) is 0 Å². The van der Waals surface area contributed by atoms with Crippen LogP contribution >= 0.6 is 0 Å². The number of benzene rings is 4. The number of hydrogen-bond donors (Lipinski definition) is 0. The molecule has 4 aromatic carbocycles. The van der Waals surface area contributed by atoms with Gasteiger partial charge in [-0.05, 0) is 34.7 Å². The summed E-state index contributed by atoms with van der Waals surface area (Å²) in [4.78, 5) is 0. The number of ether oxygens (including phenoxy) is 1. The van der Waals surface area contributed by atoms with Crippen LogP contribution in [-0.2, 0) is 6.54 Å². The van der Waals surface area contributed by atoms with Crippen LogP contribution in [0.2, 0.25) is 0 Å². The highest BCUT2D eigenvalue weighted by atomic mass is 16.5. The standard InChI is InChI=1S/C25H21N3O/c1-3-10-19(11-4-1)23-18-24-25(22-15-8-7-14-21(22)23)28(27-26-24)16-9-17-29-20-12-5-2-6-13-20/h1-8,10-15,18H,9,16-17H2. The molecule has 0 spiro atoms. The molecule has 0 saturated heterocycles. The van der Waals surface area contributed by atoms with E-state index in [1.807, 2.05) is 41.1 Å². The fourth-order valence-corrected chi connectivity index (χ4v) is 3.77. The Hall–Kier alpha value is -3.66. The molecular formula is C25H21N3O. The average molecular weight is 379 g/mol. The van der Waals surface area contributed by atoms with Crippen molar-refractivity contribution < 1.29 is 4.74 Å². The molecule has 1 aromatic heterocycles. The second-order valence-corrected chi connectivity index (χ2v) is 7.03. The Labute approximate surface area is 169 Å². The minimum atomic E-state index is 0.644. The van der Waals surface area contributed by atoms with Crippen LogP contribution in [0, 0.1) is 0 Å². The summed E-state index contributed by atoms with van der Waals surface area (Å²) in [5, 5.41) is 11.3. The van der Waals surface area contributed by atoms with Gasteiger partial charge >= 0.3 is 0 Å². The predicted octanol–water partition coefficient (Wildman–Crippen LogP) is 5.72. The van der Waals surface area contributed by atoms with E-state index in [1.54, 1.807) is 0 Å². The van der Waals surface area contributed by atoms with Gasteiger partial charge in [0, 0.05) is 18.4 Å². The lowest BCUT2D eigenvalue weighted by Gasteiger charge is -2.10. The molecule has 0 aliphatic carbocycles. The van der Waals surface area contributed by atoms with Gasteiger partial charge in [-0.1, -0.05) is 78.0 Å². The zero-order valence-electron chi connectivity index (χ0n) is 16.0. The van der Waals surface area contributed by atoms with E-state index in [0.29, 0.717) is 6.61 Å². The van der Waals surface area contributed by atoms with Gasteiger partial charge in [-0.25, -0.2) is 4.68 Å². The maximum absolute atomic E-state index is 5.82. The molecule has 0 bridgehead atoms. The highest BCUT2D eigenvalue weighted by Gasteiger charge is 2.13. The molecule has 4 heteroatoms. The van der Waals surface area contributed by atoms with Crippen molar-refractivity contribution in [1.29, 1.82) is 0 Å². The largest absolute Gasteiger partial charge is 0.494 e. The third-order valence-electron chi connectivity index (χ3n) is 5.13. The normalized spacial score (nSPS) is 11.2. The smallest absolute Gasteiger partial charge is 0.119 e. The van der Waals surface area contributed by atoms with Crippen LogP contribution < -0.4 is 4.74 Å². The van der Waals surface area contributed by atoms with E-state index < -0.39 is 0 Å². The first-order chi connectivity index (χ1) is 14.4. The van der Waals surface area contributed by atoms with E-state index in [2.05, 4.69) is 64.9 Å². The number of hydrogen-bond acceptors (Lipinski definition) is 3. The van der Waals surface area contributed by atoms with Crippen molar-refractivity contribution in [3.05, 3.63) is 91.0 Å². The average Bonchev–Trinajstić information content (AvgIpc) is 3.21. The molecule has 4 nitrogen and oxygen atoms in total. The molecule has 0 unspecified atom stereocenters. The van der Waals surface area contributed by atoms with Crippen molar-refractivity contribution in [2.24, 2.45) is 0 Å². The maximum Gasteiger partial charge on any atom is 0.119 e. The minimum absolute atomic E-state index is 0.644. The van der Waals surface area contributed by atoms with E-state index >= 15 is 0 Å². The van der Waals surface area contributed by atoms with E-state index in [9.17, 15) is 0 Å². The molecule has 1 heterocycles. The van der Waals surface area contributed by atoms with E-state index in [1.165, 1.54) is 21.9 Å². The van der Waals surface area contributed by atoms with Crippen LogP contribution in [0.3, 0.4) is 0 Å². The summed E-state index contributed by atoms with van der Waals surface area (Å²) in [6, 6.07) is 31.0. The van der Waals surface area contributed by atoms with Crippen LogP contribution in [-0.4, -0.2) is 21.6 Å². The monoisotopic (exact) mass is 379 g/mol. The molecule has 142 valence electrons. The van der Waals surface area contributed by atoms with Crippen molar-refractivity contribution in [2.45, 2.75) is 13.0 Å². The second-order valence-electron chi connectivity index (χ2n) is 7.03. The molecule has 0 radical (unpaired) electrons. The summed E-state index contributed by atoms with van der Waals surface area (Å²) in [7, 11) is 0. The first-order valence-electron chi connectivity index (χ1n) is 9.88. The van der Waals surface area contributed by atoms with Gasteiger partial charge in [0.25, 0.3) is 0 Å². The fraction of sp³-hybridized carbons (Fsp3) is 0.120. The molecule has 0 N–H and O–H groups in total. The number of aromatic nitrogens is 3. The second kappa shape index (κ2) is 7.76. The Balaban J connectivity index is 1.46. The molecule has 0 fully saturated rings. The van der Waals surface area contributed by atoms with Gasteiger partial charge in [-0.15, -0.1) is 5.10 Å². The summed E-state index contributed by atoms with van der Waals surface area (Å²) in [5.74, 6) is 0.897. The lowest BCUT2D eigenvalue weighted by atomic mass is 9.97. The quantitative estimate of drug-likeness (QED) is 0.354. The number of fused-ring (bicyclic) bond motifs is 3. The molecule has 5 rings (SSSR count). The summed E-state index contributed by atoms with van der Waals surface area (Å²) in [6.07, 6.45) is 0.863. The minimum Gasteiger partial charge on any atom is -0.494 e. The van der Waals surface area contributed by atoms with E-state index in [-0.39, 0.29) is 0 Å². The number of para-hydroxylation sites is 1. The Bertz CT molecular complexity index is 1250.